The minimum atomic E-state index is -3.79. The van der Waals surface area contributed by atoms with E-state index in [0.717, 1.165) is 31.4 Å². The Bertz CT molecular complexity index is 512. The molecule has 3 N–H and O–H groups in total. The second-order valence-electron chi connectivity index (χ2n) is 4.34. The van der Waals surface area contributed by atoms with Gasteiger partial charge in [0.25, 0.3) is 0 Å². The third-order valence-corrected chi connectivity index (χ3v) is 4.47. The summed E-state index contributed by atoms with van der Waals surface area (Å²) in [6, 6.07) is 3.53. The van der Waals surface area contributed by atoms with E-state index in [1.54, 1.807) is 0 Å². The molecule has 2 rings (SSSR count). The van der Waals surface area contributed by atoms with E-state index in [1.807, 2.05) is 0 Å². The first-order chi connectivity index (χ1) is 7.99. The van der Waals surface area contributed by atoms with Crippen LogP contribution in [0, 0.1) is 11.7 Å². The van der Waals surface area contributed by atoms with Crippen LogP contribution in [-0.4, -0.2) is 15.0 Å². The van der Waals surface area contributed by atoms with Gasteiger partial charge in [0.1, 0.15) is 10.7 Å². The molecule has 1 aliphatic carbocycles. The Morgan fingerprint density at radius 3 is 2.71 bits per heavy atom. The average molecular weight is 258 g/mol. The van der Waals surface area contributed by atoms with Gasteiger partial charge in [0.05, 0.1) is 0 Å². The molecule has 4 nitrogen and oxygen atoms in total. The molecule has 94 valence electrons. The highest BCUT2D eigenvalue weighted by atomic mass is 32.2. The molecule has 0 unspecified atom stereocenters. The largest absolute Gasteiger partial charge is 0.399 e. The number of nitrogens with two attached hydrogens (primary N) is 1. The Hall–Kier alpha value is -1.14. The van der Waals surface area contributed by atoms with Crippen LogP contribution in [0.5, 0.6) is 0 Å². The average Bonchev–Trinajstić information content (AvgIpc) is 2.19. The summed E-state index contributed by atoms with van der Waals surface area (Å²) >= 11 is 0. The van der Waals surface area contributed by atoms with Crippen LogP contribution >= 0.6 is 0 Å². The fourth-order valence-electron chi connectivity index (χ4n) is 1.73. The molecule has 0 bridgehead atoms. The second-order valence-corrected chi connectivity index (χ2v) is 6.07. The van der Waals surface area contributed by atoms with Crippen molar-refractivity contribution >= 4 is 15.7 Å². The fraction of sp³-hybridized carbons (Fsp3) is 0.455. The zero-order chi connectivity index (χ0) is 12.5. The van der Waals surface area contributed by atoms with Crippen LogP contribution in [0.3, 0.4) is 0 Å². The molecule has 0 aliphatic heterocycles. The highest BCUT2D eigenvalue weighted by Gasteiger charge is 2.23. The van der Waals surface area contributed by atoms with Gasteiger partial charge in [-0.1, -0.05) is 6.42 Å². The van der Waals surface area contributed by atoms with Crippen molar-refractivity contribution in [1.82, 2.24) is 4.72 Å². The summed E-state index contributed by atoms with van der Waals surface area (Å²) in [6.07, 6.45) is 3.20. The predicted molar refractivity (Wildman–Crippen MR) is 63.3 cm³/mol. The molecule has 1 aliphatic rings. The van der Waals surface area contributed by atoms with Crippen molar-refractivity contribution in [3.63, 3.8) is 0 Å². The van der Waals surface area contributed by atoms with Crippen molar-refractivity contribution in [2.24, 2.45) is 5.92 Å². The SMILES string of the molecule is Nc1ccc(F)c(S(=O)(=O)NCC2CCC2)c1. The normalized spacial score (nSPS) is 16.8. The number of hydrogen-bond donors (Lipinski definition) is 2. The van der Waals surface area contributed by atoms with Gasteiger partial charge in [-0.2, -0.15) is 0 Å². The van der Waals surface area contributed by atoms with Gasteiger partial charge in [-0.3, -0.25) is 0 Å². The maximum atomic E-state index is 13.4. The molecule has 1 fully saturated rings. The molecule has 1 aromatic rings. The van der Waals surface area contributed by atoms with Crippen LogP contribution in [-0.2, 0) is 10.0 Å². The molecule has 0 atom stereocenters. The Kier molecular flexibility index (Phi) is 3.35. The third-order valence-electron chi connectivity index (χ3n) is 3.03. The number of sulfonamides is 1. The molecule has 1 saturated carbocycles. The van der Waals surface area contributed by atoms with Crippen LogP contribution in [0.1, 0.15) is 19.3 Å². The van der Waals surface area contributed by atoms with Gasteiger partial charge in [-0.25, -0.2) is 17.5 Å². The molecule has 0 heterocycles. The lowest BCUT2D eigenvalue weighted by Crippen LogP contribution is -2.32. The fourth-order valence-corrected chi connectivity index (χ4v) is 2.95. The van der Waals surface area contributed by atoms with E-state index >= 15 is 0 Å². The smallest absolute Gasteiger partial charge is 0.243 e. The predicted octanol–water partition coefficient (Wildman–Crippen LogP) is 1.49. The molecule has 0 aromatic heterocycles. The molecular formula is C11H15FN2O2S. The first-order valence-electron chi connectivity index (χ1n) is 5.54. The molecular weight excluding hydrogens is 243 g/mol. The van der Waals surface area contributed by atoms with Crippen molar-refractivity contribution in [2.75, 3.05) is 12.3 Å². The minimum Gasteiger partial charge on any atom is -0.399 e. The molecule has 0 amide bonds. The first-order valence-corrected chi connectivity index (χ1v) is 7.02. The third kappa shape index (κ3) is 2.76. The number of benzene rings is 1. The zero-order valence-electron chi connectivity index (χ0n) is 9.32. The standard InChI is InChI=1S/C11H15FN2O2S/c12-10-5-4-9(13)6-11(10)17(15,16)14-7-8-2-1-3-8/h4-6,8,14H,1-3,7,13H2. The summed E-state index contributed by atoms with van der Waals surface area (Å²) in [4.78, 5) is -0.378. The molecule has 0 radical (unpaired) electrons. The van der Waals surface area contributed by atoms with Crippen LogP contribution in [0.2, 0.25) is 0 Å². The van der Waals surface area contributed by atoms with Crippen molar-refractivity contribution in [2.45, 2.75) is 24.2 Å². The Labute approximate surface area is 100 Å². The molecule has 0 spiro atoms. The van der Waals surface area contributed by atoms with Gasteiger partial charge in [0.15, 0.2) is 0 Å². The van der Waals surface area contributed by atoms with Crippen LogP contribution < -0.4 is 10.5 Å². The van der Waals surface area contributed by atoms with Crippen LogP contribution in [0.25, 0.3) is 0 Å². The Balaban J connectivity index is 2.15. The van der Waals surface area contributed by atoms with Gasteiger partial charge >= 0.3 is 0 Å². The number of nitrogens with one attached hydrogen (secondary N) is 1. The number of nitrogen functional groups attached to an aromatic ring is 1. The van der Waals surface area contributed by atoms with Gasteiger partial charge in [-0.15, -0.1) is 0 Å². The molecule has 0 saturated heterocycles. The monoisotopic (exact) mass is 258 g/mol. The second kappa shape index (κ2) is 4.62. The highest BCUT2D eigenvalue weighted by molar-refractivity contribution is 7.89. The maximum Gasteiger partial charge on any atom is 0.243 e. The Morgan fingerprint density at radius 2 is 2.12 bits per heavy atom. The lowest BCUT2D eigenvalue weighted by Gasteiger charge is -2.25. The number of rotatable bonds is 4. The first kappa shape index (κ1) is 12.3. The molecule has 6 heteroatoms. The topological polar surface area (TPSA) is 72.2 Å². The van der Waals surface area contributed by atoms with E-state index in [9.17, 15) is 12.8 Å². The van der Waals surface area contributed by atoms with Gasteiger partial charge in [0, 0.05) is 12.2 Å². The summed E-state index contributed by atoms with van der Waals surface area (Å²) in [5.41, 5.74) is 5.69. The van der Waals surface area contributed by atoms with Crippen molar-refractivity contribution < 1.29 is 12.8 Å². The quantitative estimate of drug-likeness (QED) is 0.804. The summed E-state index contributed by atoms with van der Waals surface area (Å²) in [6.45, 7) is 0.372. The number of hydrogen-bond acceptors (Lipinski definition) is 3. The van der Waals surface area contributed by atoms with E-state index < -0.39 is 15.8 Å². The number of anilines is 1. The van der Waals surface area contributed by atoms with Gasteiger partial charge in [-0.05, 0) is 37.0 Å². The summed E-state index contributed by atoms with van der Waals surface area (Å²) in [5, 5.41) is 0. The van der Waals surface area contributed by atoms with E-state index in [4.69, 9.17) is 5.73 Å². The summed E-state index contributed by atoms with van der Waals surface area (Å²) < 4.78 is 39.5. The lowest BCUT2D eigenvalue weighted by atomic mass is 9.86. The van der Waals surface area contributed by atoms with Gasteiger partial charge in [0.2, 0.25) is 10.0 Å². The Morgan fingerprint density at radius 1 is 1.41 bits per heavy atom. The van der Waals surface area contributed by atoms with E-state index in [0.29, 0.717) is 12.5 Å². The summed E-state index contributed by atoms with van der Waals surface area (Å²) in [5.74, 6) is -0.394. The minimum absolute atomic E-state index is 0.232. The maximum absolute atomic E-state index is 13.4. The summed E-state index contributed by atoms with van der Waals surface area (Å²) in [7, 11) is -3.79. The molecule has 1 aromatic carbocycles. The van der Waals surface area contributed by atoms with Crippen LogP contribution in [0.4, 0.5) is 10.1 Å². The molecule has 17 heavy (non-hydrogen) atoms. The lowest BCUT2D eigenvalue weighted by molar-refractivity contribution is 0.316. The van der Waals surface area contributed by atoms with Gasteiger partial charge < -0.3 is 5.73 Å². The van der Waals surface area contributed by atoms with E-state index in [-0.39, 0.29) is 10.6 Å². The van der Waals surface area contributed by atoms with Crippen molar-refractivity contribution in [3.8, 4) is 0 Å². The highest BCUT2D eigenvalue weighted by Crippen LogP contribution is 2.26. The van der Waals surface area contributed by atoms with Crippen molar-refractivity contribution in [1.29, 1.82) is 0 Å². The zero-order valence-corrected chi connectivity index (χ0v) is 10.1. The van der Waals surface area contributed by atoms with E-state index in [2.05, 4.69) is 4.72 Å². The van der Waals surface area contributed by atoms with Crippen LogP contribution in [0.15, 0.2) is 23.1 Å². The van der Waals surface area contributed by atoms with Crippen molar-refractivity contribution in [3.05, 3.63) is 24.0 Å². The van der Waals surface area contributed by atoms with E-state index in [1.165, 1.54) is 6.07 Å². The number of halogens is 1.